The van der Waals surface area contributed by atoms with Crippen molar-refractivity contribution >= 4 is 11.5 Å². The van der Waals surface area contributed by atoms with Crippen LogP contribution in [0, 0.1) is 0 Å². The Morgan fingerprint density at radius 1 is 1.21 bits per heavy atom. The van der Waals surface area contributed by atoms with Crippen molar-refractivity contribution < 1.29 is 19.7 Å². The summed E-state index contributed by atoms with van der Waals surface area (Å²) in [6.07, 6.45) is -0.832. The van der Waals surface area contributed by atoms with E-state index in [9.17, 15) is 9.90 Å². The molecule has 1 N–H and O–H groups in total. The second-order valence-electron chi connectivity index (χ2n) is 5.63. The lowest BCUT2D eigenvalue weighted by molar-refractivity contribution is -0.464. The summed E-state index contributed by atoms with van der Waals surface area (Å²) in [5.74, 6) is -0.321. The number of hydrogen-bond donors (Lipinski definition) is 0. The first-order chi connectivity index (χ1) is 8.81. The first-order valence-electron chi connectivity index (χ1n) is 6.21. The lowest BCUT2D eigenvalue weighted by Gasteiger charge is -2.28. The smallest absolute Gasteiger partial charge is 0.277 e. The van der Waals surface area contributed by atoms with Crippen LogP contribution < -0.4 is 5.11 Å². The molecule has 19 heavy (non-hydrogen) atoms. The van der Waals surface area contributed by atoms with Crippen LogP contribution in [0.5, 0.6) is 0 Å². The van der Waals surface area contributed by atoms with Crippen molar-refractivity contribution in [2.45, 2.75) is 39.4 Å². The Labute approximate surface area is 112 Å². The van der Waals surface area contributed by atoms with Crippen LogP contribution in [-0.4, -0.2) is 22.4 Å². The van der Waals surface area contributed by atoms with Crippen molar-refractivity contribution in [3.8, 4) is 0 Å². The van der Waals surface area contributed by atoms with Gasteiger partial charge in [-0.25, -0.2) is 4.89 Å². The Hall–Kier alpha value is -1.65. The molecule has 0 amide bonds. The van der Waals surface area contributed by atoms with Gasteiger partial charge in [0.05, 0.1) is 0 Å². The molecule has 1 aromatic carbocycles. The predicted molar refractivity (Wildman–Crippen MR) is 70.2 cm³/mol. The van der Waals surface area contributed by atoms with Gasteiger partial charge in [-0.2, -0.15) is 0 Å². The fourth-order valence-electron chi connectivity index (χ4n) is 1.91. The third-order valence-electron chi connectivity index (χ3n) is 2.89. The standard InChI is InChI=1S/C15H18O4/c1-9-12(16)10-7-5-6-8-11(10)13(17)14(9)18-19-15(2,3)4/h5-8,14,16H,1-4H3. The summed E-state index contributed by atoms with van der Waals surface area (Å²) in [4.78, 5) is 21.6. The SMILES string of the molecule is CC1=C([O-])c2ccccc2C(=O)C1[OH+]OC(C)(C)C. The largest absolute Gasteiger partial charge is 0.872 e. The zero-order valence-corrected chi connectivity index (χ0v) is 11.6. The van der Waals surface area contributed by atoms with Crippen molar-refractivity contribution in [1.82, 2.24) is 0 Å². The highest BCUT2D eigenvalue weighted by Crippen LogP contribution is 2.29. The Morgan fingerprint density at radius 3 is 2.37 bits per heavy atom. The average Bonchev–Trinajstić information content (AvgIpc) is 2.35. The number of benzene rings is 1. The van der Waals surface area contributed by atoms with E-state index in [1.165, 1.54) is 0 Å². The zero-order valence-electron chi connectivity index (χ0n) is 11.6. The maximum absolute atomic E-state index is 12.3. The second kappa shape index (κ2) is 4.79. The van der Waals surface area contributed by atoms with Crippen LogP contribution in [0.15, 0.2) is 29.8 Å². The van der Waals surface area contributed by atoms with Crippen LogP contribution >= 0.6 is 0 Å². The topological polar surface area (TPSA) is 62.2 Å². The minimum absolute atomic E-state index is 0.138. The number of Topliss-reactive ketones (excluding diaryl/α,β-unsaturated/α-hetero) is 1. The van der Waals surface area contributed by atoms with E-state index in [1.807, 2.05) is 20.8 Å². The van der Waals surface area contributed by atoms with Gasteiger partial charge in [0.25, 0.3) is 6.10 Å². The highest BCUT2D eigenvalue weighted by Gasteiger charge is 2.36. The van der Waals surface area contributed by atoms with Crippen LogP contribution in [0.2, 0.25) is 0 Å². The Bertz CT molecular complexity index is 537. The molecule has 1 aromatic rings. The van der Waals surface area contributed by atoms with Crippen LogP contribution in [0.4, 0.5) is 0 Å². The van der Waals surface area contributed by atoms with Crippen molar-refractivity contribution in [2.75, 3.05) is 0 Å². The molecule has 0 saturated heterocycles. The fourth-order valence-corrected chi connectivity index (χ4v) is 1.91. The van der Waals surface area contributed by atoms with Crippen molar-refractivity contribution in [2.24, 2.45) is 0 Å². The summed E-state index contributed by atoms with van der Waals surface area (Å²) in [7, 11) is 0. The van der Waals surface area contributed by atoms with Crippen molar-refractivity contribution in [3.63, 3.8) is 0 Å². The van der Waals surface area contributed by atoms with Gasteiger partial charge in [0.15, 0.2) is 0 Å². The molecule has 4 nitrogen and oxygen atoms in total. The molecule has 0 aliphatic heterocycles. The maximum Gasteiger partial charge on any atom is 0.277 e. The van der Waals surface area contributed by atoms with Gasteiger partial charge in [-0.15, -0.1) is 4.89 Å². The molecule has 0 fully saturated rings. The summed E-state index contributed by atoms with van der Waals surface area (Å²) in [6.45, 7) is 7.16. The molecule has 0 aromatic heterocycles. The molecule has 0 heterocycles. The third kappa shape index (κ3) is 2.69. The maximum atomic E-state index is 12.3. The molecular formula is C15H18O4. The summed E-state index contributed by atoms with van der Waals surface area (Å²) in [5.41, 5.74) is 0.796. The van der Waals surface area contributed by atoms with Gasteiger partial charge in [-0.05, 0) is 33.3 Å². The van der Waals surface area contributed by atoms with Crippen LogP contribution in [0.25, 0.3) is 5.76 Å². The van der Waals surface area contributed by atoms with Gasteiger partial charge in [0.2, 0.25) is 5.78 Å². The molecule has 1 aliphatic rings. The van der Waals surface area contributed by atoms with Gasteiger partial charge in [-0.1, -0.05) is 30.0 Å². The van der Waals surface area contributed by atoms with E-state index in [0.29, 0.717) is 16.7 Å². The quantitative estimate of drug-likeness (QED) is 0.462. The molecule has 0 radical (unpaired) electrons. The Balaban J connectivity index is 2.34. The van der Waals surface area contributed by atoms with E-state index in [-0.39, 0.29) is 11.5 Å². The highest BCUT2D eigenvalue weighted by atomic mass is 17.2. The van der Waals surface area contributed by atoms with Crippen LogP contribution in [-0.2, 0) is 4.89 Å². The van der Waals surface area contributed by atoms with Crippen molar-refractivity contribution in [3.05, 3.63) is 41.0 Å². The molecule has 1 unspecified atom stereocenters. The number of carbonyl (C=O) groups is 1. The molecule has 1 atom stereocenters. The number of carbonyl (C=O) groups excluding carboxylic acids is 1. The summed E-state index contributed by atoms with van der Waals surface area (Å²) < 4.78 is 0. The minimum atomic E-state index is -0.832. The number of hydrogen-bond acceptors (Lipinski definition) is 3. The Morgan fingerprint density at radius 2 is 1.79 bits per heavy atom. The Kier molecular flexibility index (Phi) is 3.47. The number of rotatable bonds is 2. The van der Waals surface area contributed by atoms with E-state index in [4.69, 9.17) is 4.89 Å². The predicted octanol–water partition coefficient (Wildman–Crippen LogP) is 1.60. The molecule has 4 heteroatoms. The lowest BCUT2D eigenvalue weighted by Crippen LogP contribution is -2.38. The van der Waals surface area contributed by atoms with Crippen LogP contribution in [0.3, 0.4) is 0 Å². The molecule has 102 valence electrons. The van der Waals surface area contributed by atoms with E-state index in [2.05, 4.69) is 4.89 Å². The number of fused-ring (bicyclic) bond motifs is 1. The average molecular weight is 262 g/mol. The second-order valence-corrected chi connectivity index (χ2v) is 5.63. The minimum Gasteiger partial charge on any atom is -0.872 e. The first-order valence-corrected chi connectivity index (χ1v) is 6.21. The molecule has 1 aliphatic carbocycles. The third-order valence-corrected chi connectivity index (χ3v) is 2.89. The number of aliphatic hydroxyl groups is 1. The molecular weight excluding hydrogens is 244 g/mol. The molecule has 0 spiro atoms. The zero-order chi connectivity index (χ0) is 14.2. The highest BCUT2D eigenvalue weighted by molar-refractivity contribution is 6.07. The summed E-state index contributed by atoms with van der Waals surface area (Å²) in [6, 6.07) is 6.81. The van der Waals surface area contributed by atoms with Crippen molar-refractivity contribution in [1.29, 1.82) is 0 Å². The lowest BCUT2D eigenvalue weighted by atomic mass is 9.88. The van der Waals surface area contributed by atoms with E-state index in [0.717, 1.165) is 0 Å². The van der Waals surface area contributed by atoms with E-state index >= 15 is 0 Å². The van der Waals surface area contributed by atoms with Gasteiger partial charge in [-0.3, -0.25) is 4.79 Å². The van der Waals surface area contributed by atoms with E-state index < -0.39 is 11.7 Å². The van der Waals surface area contributed by atoms with Crippen LogP contribution in [0.1, 0.15) is 43.6 Å². The van der Waals surface area contributed by atoms with Gasteiger partial charge in [0.1, 0.15) is 5.60 Å². The van der Waals surface area contributed by atoms with Gasteiger partial charge in [0, 0.05) is 11.1 Å². The normalized spacial score (nSPS) is 19.6. The summed E-state index contributed by atoms with van der Waals surface area (Å²) in [5, 5.41) is 12.2. The molecule has 0 saturated carbocycles. The number of ketones is 1. The summed E-state index contributed by atoms with van der Waals surface area (Å²) >= 11 is 0. The monoisotopic (exact) mass is 262 g/mol. The molecule has 0 bridgehead atoms. The van der Waals surface area contributed by atoms with Gasteiger partial charge >= 0.3 is 0 Å². The fraction of sp³-hybridized carbons (Fsp3) is 0.400. The first kappa shape index (κ1) is 13.8. The van der Waals surface area contributed by atoms with Gasteiger partial charge < -0.3 is 5.11 Å². The van der Waals surface area contributed by atoms with E-state index in [1.54, 1.807) is 31.2 Å². The molecule has 2 rings (SSSR count).